The first kappa shape index (κ1) is 16.2. The van der Waals surface area contributed by atoms with Crippen molar-refractivity contribution in [1.29, 1.82) is 0 Å². The van der Waals surface area contributed by atoms with Gasteiger partial charge in [0.25, 0.3) is 0 Å². The Bertz CT molecular complexity index is 489. The zero-order valence-corrected chi connectivity index (χ0v) is 11.3. The van der Waals surface area contributed by atoms with Crippen molar-refractivity contribution in [1.82, 2.24) is 14.9 Å². The van der Waals surface area contributed by atoms with Crippen LogP contribution < -0.4 is 17.2 Å². The van der Waals surface area contributed by atoms with E-state index < -0.39 is 5.91 Å². The van der Waals surface area contributed by atoms with Crippen molar-refractivity contribution < 1.29 is 4.79 Å². The Kier molecular flexibility index (Phi) is 5.60. The van der Waals surface area contributed by atoms with E-state index in [-0.39, 0.29) is 40.8 Å². The number of halogens is 2. The van der Waals surface area contributed by atoms with E-state index in [1.807, 2.05) is 0 Å². The number of carbonyl (C=O) groups excluding carboxylic acids is 1. The van der Waals surface area contributed by atoms with Gasteiger partial charge in [0.2, 0.25) is 0 Å². The molecule has 0 unspecified atom stereocenters. The number of anilines is 2. The summed E-state index contributed by atoms with van der Waals surface area (Å²) in [6, 6.07) is 0. The average molecular weight is 294 g/mol. The molecular weight excluding hydrogens is 281 g/mol. The van der Waals surface area contributed by atoms with Crippen molar-refractivity contribution in [2.24, 2.45) is 10.7 Å². The molecule has 0 aliphatic heterocycles. The summed E-state index contributed by atoms with van der Waals surface area (Å²) in [5, 5.41) is -0.110. The van der Waals surface area contributed by atoms with Gasteiger partial charge in [0.15, 0.2) is 28.4 Å². The van der Waals surface area contributed by atoms with E-state index in [9.17, 15) is 4.79 Å². The maximum Gasteiger partial charge on any atom is 0.302 e. The summed E-state index contributed by atoms with van der Waals surface area (Å²) in [6.07, 6.45) is 0. The normalized spacial score (nSPS) is 10.7. The number of hydrogen-bond acceptors (Lipinski definition) is 5. The summed E-state index contributed by atoms with van der Waals surface area (Å²) < 4.78 is 0. The largest absolute Gasteiger partial charge is 0.382 e. The van der Waals surface area contributed by atoms with Crippen LogP contribution in [0.15, 0.2) is 4.99 Å². The number of hydrogen-bond donors (Lipinski definition) is 3. The third-order valence-corrected chi connectivity index (χ3v) is 2.06. The molecule has 0 saturated carbocycles. The average Bonchev–Trinajstić information content (AvgIpc) is 2.22. The summed E-state index contributed by atoms with van der Waals surface area (Å²) >= 11 is 5.63. The number of amides is 1. The van der Waals surface area contributed by atoms with Gasteiger partial charge in [-0.15, -0.1) is 12.4 Å². The van der Waals surface area contributed by atoms with Gasteiger partial charge in [0.05, 0.1) is 0 Å². The predicted molar refractivity (Wildman–Crippen MR) is 72.8 cm³/mol. The highest BCUT2D eigenvalue weighted by molar-refractivity contribution is 6.31. The Morgan fingerprint density at radius 1 is 1.28 bits per heavy atom. The lowest BCUT2D eigenvalue weighted by molar-refractivity contribution is 0.0997. The Hall–Kier alpha value is -1.80. The second-order valence-electron chi connectivity index (χ2n) is 3.30. The number of carbonyl (C=O) groups is 1. The fraction of sp³-hybridized carbons (Fsp3) is 0.250. The highest BCUT2D eigenvalue weighted by Crippen LogP contribution is 2.17. The van der Waals surface area contributed by atoms with E-state index in [4.69, 9.17) is 28.8 Å². The molecule has 1 heterocycles. The molecule has 10 heteroatoms. The molecule has 0 bridgehead atoms. The minimum atomic E-state index is -0.733. The van der Waals surface area contributed by atoms with E-state index >= 15 is 0 Å². The minimum absolute atomic E-state index is 0. The molecule has 6 N–H and O–H groups in total. The van der Waals surface area contributed by atoms with Crippen molar-refractivity contribution in [2.75, 3.05) is 25.6 Å². The molecule has 1 aromatic rings. The lowest BCUT2D eigenvalue weighted by atomic mass is 10.4. The molecule has 0 atom stereocenters. The van der Waals surface area contributed by atoms with Crippen LogP contribution in [0.25, 0.3) is 0 Å². The van der Waals surface area contributed by atoms with E-state index in [1.165, 1.54) is 4.90 Å². The van der Waals surface area contributed by atoms with Crippen molar-refractivity contribution in [3.63, 3.8) is 0 Å². The highest BCUT2D eigenvalue weighted by Gasteiger charge is 2.16. The molecule has 1 aromatic heterocycles. The molecule has 100 valence electrons. The Balaban J connectivity index is 0.00000289. The first-order valence-corrected chi connectivity index (χ1v) is 4.85. The molecule has 8 nitrogen and oxygen atoms in total. The van der Waals surface area contributed by atoms with Crippen LogP contribution in [0.3, 0.4) is 0 Å². The number of guanidine groups is 1. The van der Waals surface area contributed by atoms with Gasteiger partial charge in [0, 0.05) is 14.1 Å². The van der Waals surface area contributed by atoms with Crippen molar-refractivity contribution in [2.45, 2.75) is 0 Å². The lowest BCUT2D eigenvalue weighted by Crippen LogP contribution is -2.31. The SMILES string of the molecule is CN(C)C(N)=NC(=O)c1nc(Cl)c(N)nc1N.Cl. The standard InChI is InChI=1S/C8H12ClN7O.ClH/c1-16(2)8(12)15-7(17)3-5(10)14-6(11)4(9)13-3;/h1-2H3,(H4,10,11,14)(H2,12,15,17);1H. The van der Waals surface area contributed by atoms with Crippen molar-refractivity contribution >= 4 is 47.5 Å². The van der Waals surface area contributed by atoms with Crippen LogP contribution in [0.2, 0.25) is 5.15 Å². The number of aromatic nitrogens is 2. The molecule has 1 amide bonds. The zero-order chi connectivity index (χ0) is 13.2. The van der Waals surface area contributed by atoms with Crippen LogP contribution >= 0.6 is 24.0 Å². The first-order chi connectivity index (χ1) is 7.82. The van der Waals surface area contributed by atoms with E-state index in [2.05, 4.69) is 15.0 Å². The van der Waals surface area contributed by atoms with Crippen LogP contribution in [-0.2, 0) is 0 Å². The monoisotopic (exact) mass is 293 g/mol. The van der Waals surface area contributed by atoms with E-state index in [0.29, 0.717) is 0 Å². The first-order valence-electron chi connectivity index (χ1n) is 4.47. The van der Waals surface area contributed by atoms with Gasteiger partial charge in [0.1, 0.15) is 0 Å². The third kappa shape index (κ3) is 3.60. The summed E-state index contributed by atoms with van der Waals surface area (Å²) in [7, 11) is 3.27. The van der Waals surface area contributed by atoms with Gasteiger partial charge in [-0.3, -0.25) is 4.79 Å². The second kappa shape index (κ2) is 6.22. The fourth-order valence-electron chi connectivity index (χ4n) is 0.856. The zero-order valence-electron chi connectivity index (χ0n) is 9.72. The van der Waals surface area contributed by atoms with Gasteiger partial charge < -0.3 is 22.1 Å². The third-order valence-electron chi connectivity index (χ3n) is 1.78. The smallest absolute Gasteiger partial charge is 0.302 e. The fourth-order valence-corrected chi connectivity index (χ4v) is 0.983. The maximum absolute atomic E-state index is 11.7. The molecule has 0 fully saturated rings. The Morgan fingerprint density at radius 3 is 2.33 bits per heavy atom. The highest BCUT2D eigenvalue weighted by atomic mass is 35.5. The van der Waals surface area contributed by atoms with Gasteiger partial charge in [-0.25, -0.2) is 9.97 Å². The number of nitrogens with two attached hydrogens (primary N) is 3. The predicted octanol–water partition coefficient (Wildman–Crippen LogP) is -0.267. The van der Waals surface area contributed by atoms with Crippen LogP contribution in [0.5, 0.6) is 0 Å². The molecule has 0 radical (unpaired) electrons. The lowest BCUT2D eigenvalue weighted by Gasteiger charge is -2.09. The topological polar surface area (TPSA) is 137 Å². The quantitative estimate of drug-likeness (QED) is 0.479. The summed E-state index contributed by atoms with van der Waals surface area (Å²) in [6.45, 7) is 0. The molecule has 0 aliphatic rings. The summed E-state index contributed by atoms with van der Waals surface area (Å²) in [4.78, 5) is 24.1. The van der Waals surface area contributed by atoms with E-state index in [1.54, 1.807) is 14.1 Å². The van der Waals surface area contributed by atoms with Crippen LogP contribution in [-0.4, -0.2) is 40.8 Å². The summed E-state index contributed by atoms with van der Waals surface area (Å²) in [5.41, 5.74) is 16.2. The number of rotatable bonds is 1. The second-order valence-corrected chi connectivity index (χ2v) is 3.66. The van der Waals surface area contributed by atoms with Gasteiger partial charge >= 0.3 is 5.91 Å². The number of aliphatic imine (C=N–C) groups is 1. The number of nitrogen functional groups attached to an aromatic ring is 2. The molecular formula is C8H13Cl2N7O. The Morgan fingerprint density at radius 2 is 1.83 bits per heavy atom. The molecule has 0 saturated heterocycles. The van der Waals surface area contributed by atoms with Gasteiger partial charge in [-0.05, 0) is 0 Å². The molecule has 1 rings (SSSR count). The molecule has 0 spiro atoms. The van der Waals surface area contributed by atoms with Gasteiger partial charge in [-0.1, -0.05) is 11.6 Å². The van der Waals surface area contributed by atoms with E-state index in [0.717, 1.165) is 0 Å². The molecule has 0 aliphatic carbocycles. The maximum atomic E-state index is 11.7. The molecule has 18 heavy (non-hydrogen) atoms. The minimum Gasteiger partial charge on any atom is -0.382 e. The van der Waals surface area contributed by atoms with Crippen molar-refractivity contribution in [3.8, 4) is 0 Å². The van der Waals surface area contributed by atoms with Crippen LogP contribution in [0.4, 0.5) is 11.6 Å². The number of nitrogens with zero attached hydrogens (tertiary/aromatic N) is 4. The molecule has 0 aromatic carbocycles. The van der Waals surface area contributed by atoms with Gasteiger partial charge in [-0.2, -0.15) is 4.99 Å². The summed E-state index contributed by atoms with van der Waals surface area (Å²) in [5.74, 6) is -0.912. The van der Waals surface area contributed by atoms with Crippen molar-refractivity contribution in [3.05, 3.63) is 10.8 Å². The van der Waals surface area contributed by atoms with Crippen LogP contribution in [0, 0.1) is 0 Å². The Labute approximate surface area is 115 Å². The van der Waals surface area contributed by atoms with Crippen LogP contribution in [0.1, 0.15) is 10.5 Å².